The lowest BCUT2D eigenvalue weighted by Crippen LogP contribution is -2.12. The number of H-pyrrole nitrogens is 1. The second kappa shape index (κ2) is 5.09. The number of pyridine rings is 1. The summed E-state index contributed by atoms with van der Waals surface area (Å²) >= 11 is 3.20. The Morgan fingerprint density at radius 3 is 3.06 bits per heavy atom. The molecule has 6 heteroatoms. The number of hydrogen-bond donors (Lipinski definition) is 2. The molecule has 0 bridgehead atoms. The van der Waals surface area contributed by atoms with Crippen LogP contribution in [0.15, 0.2) is 33.7 Å². The molecule has 0 aliphatic heterocycles. The predicted octanol–water partition coefficient (Wildman–Crippen LogP) is 1.85. The molecule has 2 heterocycles. The highest BCUT2D eigenvalue weighted by molar-refractivity contribution is 9.10. The Labute approximate surface area is 106 Å². The van der Waals surface area contributed by atoms with Crippen LogP contribution in [-0.2, 0) is 6.54 Å². The van der Waals surface area contributed by atoms with E-state index in [0.29, 0.717) is 16.7 Å². The summed E-state index contributed by atoms with van der Waals surface area (Å²) in [5, 5.41) is 9.17. The molecule has 2 aromatic heterocycles. The first-order chi connectivity index (χ1) is 8.16. The minimum absolute atomic E-state index is 0.257. The van der Waals surface area contributed by atoms with Crippen LogP contribution < -0.4 is 10.9 Å². The summed E-state index contributed by atoms with van der Waals surface area (Å²) in [5.74, 6) is 0. The molecule has 2 aromatic rings. The molecule has 0 aromatic carbocycles. The Morgan fingerprint density at radius 1 is 1.47 bits per heavy atom. The predicted molar refractivity (Wildman–Crippen MR) is 68.9 cm³/mol. The summed E-state index contributed by atoms with van der Waals surface area (Å²) in [6.07, 6.45) is 1.56. The third-order valence-corrected chi connectivity index (χ3v) is 2.99. The topological polar surface area (TPSA) is 70.7 Å². The lowest BCUT2D eigenvalue weighted by molar-refractivity contribution is 0.960. The van der Waals surface area contributed by atoms with E-state index in [1.807, 2.05) is 25.1 Å². The SMILES string of the molecule is Cc1cccc(CNc2cn[nH]c(=O)c2Br)n1. The van der Waals surface area contributed by atoms with Gasteiger partial charge in [-0.1, -0.05) is 6.07 Å². The van der Waals surface area contributed by atoms with Crippen molar-refractivity contribution in [3.63, 3.8) is 0 Å². The van der Waals surface area contributed by atoms with Gasteiger partial charge in [0.15, 0.2) is 0 Å². The largest absolute Gasteiger partial charge is 0.377 e. The average Bonchev–Trinajstić information content (AvgIpc) is 2.31. The molecule has 0 spiro atoms. The van der Waals surface area contributed by atoms with E-state index < -0.39 is 0 Å². The number of halogens is 1. The van der Waals surface area contributed by atoms with Crippen LogP contribution in [0.5, 0.6) is 0 Å². The van der Waals surface area contributed by atoms with Gasteiger partial charge in [-0.05, 0) is 35.0 Å². The molecule has 2 N–H and O–H groups in total. The van der Waals surface area contributed by atoms with Gasteiger partial charge in [0, 0.05) is 5.69 Å². The Morgan fingerprint density at radius 2 is 2.29 bits per heavy atom. The van der Waals surface area contributed by atoms with Gasteiger partial charge in [0.2, 0.25) is 0 Å². The van der Waals surface area contributed by atoms with Gasteiger partial charge < -0.3 is 5.32 Å². The normalized spacial score (nSPS) is 10.2. The van der Waals surface area contributed by atoms with Gasteiger partial charge in [-0.2, -0.15) is 5.10 Å². The second-order valence-corrected chi connectivity index (χ2v) is 4.34. The molecule has 17 heavy (non-hydrogen) atoms. The van der Waals surface area contributed by atoms with E-state index in [1.165, 1.54) is 0 Å². The van der Waals surface area contributed by atoms with Crippen LogP contribution >= 0.6 is 15.9 Å². The van der Waals surface area contributed by atoms with Gasteiger partial charge >= 0.3 is 0 Å². The van der Waals surface area contributed by atoms with Crippen molar-refractivity contribution in [1.29, 1.82) is 0 Å². The zero-order valence-corrected chi connectivity index (χ0v) is 10.8. The van der Waals surface area contributed by atoms with E-state index in [2.05, 4.69) is 36.4 Å². The molecule has 0 amide bonds. The first kappa shape index (κ1) is 11.8. The van der Waals surface area contributed by atoms with Gasteiger partial charge in [0.1, 0.15) is 4.47 Å². The fraction of sp³-hybridized carbons (Fsp3) is 0.182. The second-order valence-electron chi connectivity index (χ2n) is 3.55. The van der Waals surface area contributed by atoms with E-state index in [-0.39, 0.29) is 5.56 Å². The summed E-state index contributed by atoms with van der Waals surface area (Å²) in [7, 11) is 0. The molecule has 0 aliphatic carbocycles. The number of nitrogens with zero attached hydrogens (tertiary/aromatic N) is 2. The van der Waals surface area contributed by atoms with E-state index in [9.17, 15) is 4.79 Å². The highest BCUT2D eigenvalue weighted by Gasteiger charge is 2.04. The van der Waals surface area contributed by atoms with Crippen molar-refractivity contribution < 1.29 is 0 Å². The van der Waals surface area contributed by atoms with Gasteiger partial charge in [-0.15, -0.1) is 0 Å². The summed E-state index contributed by atoms with van der Waals surface area (Å²) < 4.78 is 0.445. The first-order valence-corrected chi connectivity index (χ1v) is 5.85. The van der Waals surface area contributed by atoms with E-state index in [1.54, 1.807) is 6.20 Å². The molecule has 0 atom stereocenters. The number of hydrogen-bond acceptors (Lipinski definition) is 4. The molecule has 0 fully saturated rings. The quantitative estimate of drug-likeness (QED) is 0.906. The van der Waals surface area contributed by atoms with E-state index in [0.717, 1.165) is 11.4 Å². The van der Waals surface area contributed by atoms with Gasteiger partial charge in [0.25, 0.3) is 5.56 Å². The minimum atomic E-state index is -0.257. The lowest BCUT2D eigenvalue weighted by Gasteiger charge is -2.06. The van der Waals surface area contributed by atoms with Gasteiger partial charge in [0.05, 0.1) is 24.1 Å². The molecule has 88 valence electrons. The van der Waals surface area contributed by atoms with Crippen molar-refractivity contribution in [2.24, 2.45) is 0 Å². The molecular formula is C11H11BrN4O. The van der Waals surface area contributed by atoms with E-state index in [4.69, 9.17) is 0 Å². The van der Waals surface area contributed by atoms with Crippen molar-refractivity contribution in [2.45, 2.75) is 13.5 Å². The van der Waals surface area contributed by atoms with Crippen molar-refractivity contribution in [3.05, 3.63) is 50.6 Å². The number of anilines is 1. The maximum atomic E-state index is 11.3. The van der Waals surface area contributed by atoms with Crippen molar-refractivity contribution in [3.8, 4) is 0 Å². The Balaban J connectivity index is 2.13. The molecule has 0 aliphatic rings. The average molecular weight is 295 g/mol. The highest BCUT2D eigenvalue weighted by Crippen LogP contribution is 2.15. The number of nitrogens with one attached hydrogen (secondary N) is 2. The first-order valence-electron chi connectivity index (χ1n) is 5.06. The standard InChI is InChI=1S/C11H11BrN4O/c1-7-3-2-4-8(15-7)5-13-9-6-14-16-11(17)10(9)12/h2-4,6H,5H2,1H3,(H2,13,16,17). The Hall–Kier alpha value is -1.69. The molecule has 0 radical (unpaired) electrons. The monoisotopic (exact) mass is 294 g/mol. The summed E-state index contributed by atoms with van der Waals surface area (Å²) in [6, 6.07) is 5.81. The van der Waals surface area contributed by atoms with Crippen LogP contribution in [0.1, 0.15) is 11.4 Å². The van der Waals surface area contributed by atoms with Gasteiger partial charge in [-0.25, -0.2) is 5.10 Å². The third kappa shape index (κ3) is 2.91. The molecule has 0 saturated heterocycles. The van der Waals surface area contributed by atoms with Crippen molar-refractivity contribution in [1.82, 2.24) is 15.2 Å². The van der Waals surface area contributed by atoms with Crippen LogP contribution in [0.25, 0.3) is 0 Å². The minimum Gasteiger partial charge on any atom is -0.377 e. The zero-order chi connectivity index (χ0) is 12.3. The number of aromatic amines is 1. The maximum absolute atomic E-state index is 11.3. The number of aromatic nitrogens is 3. The molecular weight excluding hydrogens is 284 g/mol. The van der Waals surface area contributed by atoms with Crippen LogP contribution in [0, 0.1) is 6.92 Å². The fourth-order valence-corrected chi connectivity index (χ4v) is 1.72. The zero-order valence-electron chi connectivity index (χ0n) is 9.20. The number of aryl methyl sites for hydroxylation is 1. The van der Waals surface area contributed by atoms with Crippen molar-refractivity contribution >= 4 is 21.6 Å². The highest BCUT2D eigenvalue weighted by atomic mass is 79.9. The van der Waals surface area contributed by atoms with Crippen molar-refractivity contribution in [2.75, 3.05) is 5.32 Å². The molecule has 0 saturated carbocycles. The van der Waals surface area contributed by atoms with Crippen LogP contribution in [-0.4, -0.2) is 15.2 Å². The summed E-state index contributed by atoms with van der Waals surface area (Å²) in [5.41, 5.74) is 2.27. The molecule has 2 rings (SSSR count). The molecule has 0 unspecified atom stereocenters. The number of rotatable bonds is 3. The van der Waals surface area contributed by atoms with Crippen LogP contribution in [0.4, 0.5) is 5.69 Å². The summed E-state index contributed by atoms with van der Waals surface area (Å²) in [6.45, 7) is 2.49. The molecule has 5 nitrogen and oxygen atoms in total. The summed E-state index contributed by atoms with van der Waals surface area (Å²) in [4.78, 5) is 15.6. The smallest absolute Gasteiger partial charge is 0.280 e. The van der Waals surface area contributed by atoms with E-state index >= 15 is 0 Å². The fourth-order valence-electron chi connectivity index (χ4n) is 1.39. The van der Waals surface area contributed by atoms with Crippen LogP contribution in [0.3, 0.4) is 0 Å². The Kier molecular flexibility index (Phi) is 3.53. The third-order valence-electron chi connectivity index (χ3n) is 2.20. The maximum Gasteiger partial charge on any atom is 0.280 e. The lowest BCUT2D eigenvalue weighted by atomic mass is 10.3. The Bertz CT molecular complexity index is 582. The van der Waals surface area contributed by atoms with Crippen LogP contribution in [0.2, 0.25) is 0 Å². The van der Waals surface area contributed by atoms with Gasteiger partial charge in [-0.3, -0.25) is 9.78 Å².